The third-order valence-corrected chi connectivity index (χ3v) is 3.34. The van der Waals surface area contributed by atoms with Gasteiger partial charge < -0.3 is 11.1 Å². The number of benzene rings is 2. The SMILES string of the molecule is Cc1cccc(NC(=O)CCc2ccccc2N)c1C#N. The zero-order chi connectivity index (χ0) is 15.2. The summed E-state index contributed by atoms with van der Waals surface area (Å²) >= 11 is 0. The predicted molar refractivity (Wildman–Crippen MR) is 83.7 cm³/mol. The number of aryl methyl sites for hydroxylation is 2. The quantitative estimate of drug-likeness (QED) is 0.844. The minimum atomic E-state index is -0.125. The normalized spacial score (nSPS) is 9.90. The van der Waals surface area contributed by atoms with E-state index in [1.807, 2.05) is 43.3 Å². The van der Waals surface area contributed by atoms with Gasteiger partial charge in [-0.2, -0.15) is 5.26 Å². The minimum absolute atomic E-state index is 0.125. The van der Waals surface area contributed by atoms with Crippen LogP contribution in [0.3, 0.4) is 0 Å². The van der Waals surface area contributed by atoms with Gasteiger partial charge in [0.1, 0.15) is 6.07 Å². The highest BCUT2D eigenvalue weighted by Crippen LogP contribution is 2.19. The van der Waals surface area contributed by atoms with E-state index < -0.39 is 0 Å². The van der Waals surface area contributed by atoms with Gasteiger partial charge >= 0.3 is 0 Å². The van der Waals surface area contributed by atoms with Gasteiger partial charge in [-0.15, -0.1) is 0 Å². The van der Waals surface area contributed by atoms with Gasteiger partial charge in [0, 0.05) is 12.1 Å². The first-order valence-electron chi connectivity index (χ1n) is 6.74. The molecule has 0 aromatic heterocycles. The maximum Gasteiger partial charge on any atom is 0.224 e. The summed E-state index contributed by atoms with van der Waals surface area (Å²) in [5, 5.41) is 11.9. The van der Waals surface area contributed by atoms with E-state index in [1.54, 1.807) is 6.07 Å². The second-order valence-electron chi connectivity index (χ2n) is 4.86. The van der Waals surface area contributed by atoms with Crippen molar-refractivity contribution in [3.63, 3.8) is 0 Å². The van der Waals surface area contributed by atoms with E-state index in [1.165, 1.54) is 0 Å². The number of amides is 1. The second kappa shape index (κ2) is 6.58. The van der Waals surface area contributed by atoms with Crippen molar-refractivity contribution in [2.24, 2.45) is 0 Å². The Labute approximate surface area is 124 Å². The van der Waals surface area contributed by atoms with Crippen molar-refractivity contribution in [2.45, 2.75) is 19.8 Å². The van der Waals surface area contributed by atoms with Crippen LogP contribution in [0.5, 0.6) is 0 Å². The molecule has 2 aromatic rings. The molecular formula is C17H17N3O. The number of nitrogens with two attached hydrogens (primary N) is 1. The Morgan fingerprint density at radius 3 is 2.71 bits per heavy atom. The van der Waals surface area contributed by atoms with Crippen LogP contribution < -0.4 is 11.1 Å². The molecule has 0 atom stereocenters. The molecule has 0 saturated heterocycles. The van der Waals surface area contributed by atoms with Gasteiger partial charge in [0.2, 0.25) is 5.91 Å². The number of nitrogens with zero attached hydrogens (tertiary/aromatic N) is 1. The van der Waals surface area contributed by atoms with Crippen molar-refractivity contribution in [3.8, 4) is 6.07 Å². The van der Waals surface area contributed by atoms with Crippen molar-refractivity contribution in [3.05, 3.63) is 59.2 Å². The monoisotopic (exact) mass is 279 g/mol. The summed E-state index contributed by atoms with van der Waals surface area (Å²) in [6.45, 7) is 1.85. The van der Waals surface area contributed by atoms with Crippen LogP contribution in [-0.4, -0.2) is 5.91 Å². The van der Waals surface area contributed by atoms with Crippen LogP contribution in [0.25, 0.3) is 0 Å². The summed E-state index contributed by atoms with van der Waals surface area (Å²) in [4.78, 5) is 12.0. The molecule has 2 rings (SSSR count). The highest BCUT2D eigenvalue weighted by molar-refractivity contribution is 5.92. The van der Waals surface area contributed by atoms with Gasteiger partial charge in [0.25, 0.3) is 0 Å². The number of nitrogen functional groups attached to an aromatic ring is 1. The molecule has 0 heterocycles. The van der Waals surface area contributed by atoms with Crippen molar-refractivity contribution in [2.75, 3.05) is 11.1 Å². The molecule has 106 valence electrons. The molecule has 3 N–H and O–H groups in total. The second-order valence-corrected chi connectivity index (χ2v) is 4.86. The molecule has 0 fully saturated rings. The first-order chi connectivity index (χ1) is 10.1. The van der Waals surface area contributed by atoms with Crippen molar-refractivity contribution in [1.82, 2.24) is 0 Å². The number of rotatable bonds is 4. The molecule has 4 nitrogen and oxygen atoms in total. The number of nitrogens with one attached hydrogen (secondary N) is 1. The molecule has 0 aliphatic rings. The maximum atomic E-state index is 12.0. The van der Waals surface area contributed by atoms with Crippen LogP contribution in [0.2, 0.25) is 0 Å². The van der Waals surface area contributed by atoms with Gasteiger partial charge in [-0.1, -0.05) is 30.3 Å². The van der Waals surface area contributed by atoms with Crippen molar-refractivity contribution < 1.29 is 4.79 Å². The standard InChI is InChI=1S/C17H17N3O/c1-12-5-4-8-16(14(12)11-18)20-17(21)10-9-13-6-2-3-7-15(13)19/h2-8H,9-10,19H2,1H3,(H,20,21). The molecule has 1 amide bonds. The van der Waals surface area contributed by atoms with Crippen molar-refractivity contribution in [1.29, 1.82) is 5.26 Å². The smallest absolute Gasteiger partial charge is 0.224 e. The van der Waals surface area contributed by atoms with Crippen LogP contribution in [0.1, 0.15) is 23.1 Å². The Bertz CT molecular complexity index is 701. The van der Waals surface area contributed by atoms with Crippen molar-refractivity contribution >= 4 is 17.3 Å². The summed E-state index contributed by atoms with van der Waals surface area (Å²) in [5.41, 5.74) is 9.41. The Kier molecular flexibility index (Phi) is 4.57. The van der Waals surface area contributed by atoms with Gasteiger partial charge in [-0.25, -0.2) is 0 Å². The maximum absolute atomic E-state index is 12.0. The van der Waals surface area contributed by atoms with Gasteiger partial charge in [0.15, 0.2) is 0 Å². The molecule has 0 aliphatic carbocycles. The fourth-order valence-electron chi connectivity index (χ4n) is 2.14. The van der Waals surface area contributed by atoms with Crippen LogP contribution in [0.4, 0.5) is 11.4 Å². The topological polar surface area (TPSA) is 78.9 Å². The minimum Gasteiger partial charge on any atom is -0.399 e. The first-order valence-corrected chi connectivity index (χ1v) is 6.74. The van der Waals surface area contributed by atoms with Crippen LogP contribution >= 0.6 is 0 Å². The van der Waals surface area contributed by atoms with E-state index in [0.717, 1.165) is 11.1 Å². The number of hydrogen-bond acceptors (Lipinski definition) is 3. The zero-order valence-corrected chi connectivity index (χ0v) is 11.9. The fourth-order valence-corrected chi connectivity index (χ4v) is 2.14. The summed E-state index contributed by atoms with van der Waals surface area (Å²) in [6.07, 6.45) is 0.902. The van der Waals surface area contributed by atoms with Gasteiger partial charge in [-0.05, 0) is 36.6 Å². The van der Waals surface area contributed by atoms with Crippen LogP contribution in [0.15, 0.2) is 42.5 Å². The lowest BCUT2D eigenvalue weighted by molar-refractivity contribution is -0.116. The zero-order valence-electron chi connectivity index (χ0n) is 11.9. The molecule has 4 heteroatoms. The molecule has 0 saturated carbocycles. The van der Waals surface area contributed by atoms with Crippen LogP contribution in [-0.2, 0) is 11.2 Å². The summed E-state index contributed by atoms with van der Waals surface area (Å²) < 4.78 is 0. The van der Waals surface area contributed by atoms with Gasteiger partial charge in [0.05, 0.1) is 11.3 Å². The highest BCUT2D eigenvalue weighted by atomic mass is 16.1. The average Bonchev–Trinajstić information content (AvgIpc) is 2.47. The largest absolute Gasteiger partial charge is 0.399 e. The lowest BCUT2D eigenvalue weighted by atomic mass is 10.1. The molecule has 0 spiro atoms. The highest BCUT2D eigenvalue weighted by Gasteiger charge is 2.09. The Morgan fingerprint density at radius 1 is 1.24 bits per heavy atom. The molecular weight excluding hydrogens is 262 g/mol. The Hall–Kier alpha value is -2.80. The summed E-state index contributed by atoms with van der Waals surface area (Å²) in [6, 6.07) is 15.0. The molecule has 0 unspecified atom stereocenters. The molecule has 21 heavy (non-hydrogen) atoms. The Balaban J connectivity index is 2.02. The molecule has 0 aliphatic heterocycles. The number of anilines is 2. The number of nitriles is 1. The number of para-hydroxylation sites is 1. The van der Waals surface area contributed by atoms with E-state index in [2.05, 4.69) is 11.4 Å². The summed E-state index contributed by atoms with van der Waals surface area (Å²) in [7, 11) is 0. The lowest BCUT2D eigenvalue weighted by Gasteiger charge is -2.09. The lowest BCUT2D eigenvalue weighted by Crippen LogP contribution is -2.14. The van der Waals surface area contributed by atoms with E-state index in [9.17, 15) is 4.79 Å². The molecule has 2 aromatic carbocycles. The van der Waals surface area contributed by atoms with Gasteiger partial charge in [-0.3, -0.25) is 4.79 Å². The van der Waals surface area contributed by atoms with E-state index >= 15 is 0 Å². The number of carbonyl (C=O) groups excluding carboxylic acids is 1. The van der Waals surface area contributed by atoms with E-state index in [0.29, 0.717) is 29.8 Å². The fraction of sp³-hybridized carbons (Fsp3) is 0.176. The van der Waals surface area contributed by atoms with E-state index in [4.69, 9.17) is 11.0 Å². The third kappa shape index (κ3) is 3.61. The van der Waals surface area contributed by atoms with Crippen LogP contribution in [0, 0.1) is 18.3 Å². The molecule has 0 radical (unpaired) electrons. The Morgan fingerprint density at radius 2 is 2.00 bits per heavy atom. The number of hydrogen-bond donors (Lipinski definition) is 2. The average molecular weight is 279 g/mol. The number of carbonyl (C=O) groups is 1. The predicted octanol–water partition coefficient (Wildman–Crippen LogP) is 3.02. The first kappa shape index (κ1) is 14.6. The third-order valence-electron chi connectivity index (χ3n) is 3.34. The van der Waals surface area contributed by atoms with E-state index in [-0.39, 0.29) is 5.91 Å². The summed E-state index contributed by atoms with van der Waals surface area (Å²) in [5.74, 6) is -0.125. The molecule has 0 bridgehead atoms.